The molecule has 146 valence electrons. The number of halogens is 1. The summed E-state index contributed by atoms with van der Waals surface area (Å²) in [6.45, 7) is 1.34. The molecule has 1 atom stereocenters. The number of carboxylic acid groups (broad SMARTS) is 1. The van der Waals surface area contributed by atoms with Crippen molar-refractivity contribution in [2.75, 3.05) is 31.1 Å². The van der Waals surface area contributed by atoms with Gasteiger partial charge in [-0.3, -0.25) is 14.4 Å². The van der Waals surface area contributed by atoms with Crippen LogP contribution in [0.4, 0.5) is 10.1 Å². The van der Waals surface area contributed by atoms with Crippen LogP contribution in [0.3, 0.4) is 0 Å². The van der Waals surface area contributed by atoms with Crippen molar-refractivity contribution in [2.24, 2.45) is 0 Å². The molecule has 2 aliphatic rings. The van der Waals surface area contributed by atoms with Crippen LogP contribution in [0.5, 0.6) is 0 Å². The third-order valence-corrected chi connectivity index (χ3v) is 4.90. The van der Waals surface area contributed by atoms with E-state index in [0.717, 1.165) is 19.3 Å². The van der Waals surface area contributed by atoms with Crippen molar-refractivity contribution >= 4 is 23.5 Å². The summed E-state index contributed by atoms with van der Waals surface area (Å²) >= 11 is 0. The highest BCUT2D eigenvalue weighted by molar-refractivity contribution is 5.99. The molecule has 1 aromatic rings. The molecule has 0 aliphatic carbocycles. The van der Waals surface area contributed by atoms with Crippen molar-refractivity contribution in [3.05, 3.63) is 29.6 Å². The Morgan fingerprint density at radius 2 is 2.15 bits per heavy atom. The smallest absolute Gasteiger partial charge is 0.305 e. The molecule has 0 unspecified atom stereocenters. The molecule has 2 fully saturated rings. The second-order valence-corrected chi connectivity index (χ2v) is 6.84. The van der Waals surface area contributed by atoms with Gasteiger partial charge in [0.25, 0.3) is 5.91 Å². The van der Waals surface area contributed by atoms with Crippen molar-refractivity contribution < 1.29 is 28.6 Å². The van der Waals surface area contributed by atoms with E-state index in [0.29, 0.717) is 25.3 Å². The van der Waals surface area contributed by atoms with Gasteiger partial charge >= 0.3 is 5.97 Å². The zero-order valence-electron chi connectivity index (χ0n) is 15.0. The van der Waals surface area contributed by atoms with Crippen LogP contribution in [0.25, 0.3) is 0 Å². The lowest BCUT2D eigenvalue weighted by Crippen LogP contribution is -2.39. The van der Waals surface area contributed by atoms with Crippen molar-refractivity contribution in [2.45, 2.75) is 38.2 Å². The molecule has 0 aromatic heterocycles. The summed E-state index contributed by atoms with van der Waals surface area (Å²) < 4.78 is 19.9. The van der Waals surface area contributed by atoms with Crippen LogP contribution in [0, 0.1) is 5.82 Å². The second-order valence-electron chi connectivity index (χ2n) is 6.84. The van der Waals surface area contributed by atoms with Crippen LogP contribution in [-0.4, -0.2) is 60.1 Å². The molecule has 27 heavy (non-hydrogen) atoms. The van der Waals surface area contributed by atoms with Crippen LogP contribution in [0.15, 0.2) is 18.2 Å². The molecule has 8 heteroatoms. The Hall–Kier alpha value is -2.48. The third kappa shape index (κ3) is 4.63. The number of hydrogen-bond donors (Lipinski definition) is 1. The van der Waals surface area contributed by atoms with E-state index in [-0.39, 0.29) is 37.1 Å². The standard InChI is InChI=1S/C19H23FN2O5/c20-16-6-5-13(22-8-1-4-17(22)23)11-15(16)19(26)21(9-7-18(24)25)12-14-3-2-10-27-14/h5-6,11,14H,1-4,7-10,12H2,(H,24,25)/t14-/m1/s1. The first kappa shape index (κ1) is 19.3. The number of carbonyl (C=O) groups is 3. The van der Waals surface area contributed by atoms with Crippen molar-refractivity contribution in [3.8, 4) is 0 Å². The molecular weight excluding hydrogens is 355 g/mol. The largest absolute Gasteiger partial charge is 0.481 e. The number of benzene rings is 1. The SMILES string of the molecule is O=C(O)CCN(C[C@H]1CCCO1)C(=O)c1cc(N2CCCC2=O)ccc1F. The molecule has 1 aromatic carbocycles. The molecule has 0 spiro atoms. The number of carboxylic acids is 1. The minimum atomic E-state index is -1.03. The Balaban J connectivity index is 1.82. The zero-order valence-corrected chi connectivity index (χ0v) is 15.0. The molecule has 0 bridgehead atoms. The highest BCUT2D eigenvalue weighted by Crippen LogP contribution is 2.25. The fourth-order valence-electron chi connectivity index (χ4n) is 3.48. The second kappa shape index (κ2) is 8.47. The van der Waals surface area contributed by atoms with E-state index in [1.165, 1.54) is 28.0 Å². The zero-order chi connectivity index (χ0) is 19.4. The Labute approximate surface area is 156 Å². The van der Waals surface area contributed by atoms with Gasteiger partial charge in [0.05, 0.1) is 18.1 Å². The van der Waals surface area contributed by atoms with E-state index in [9.17, 15) is 18.8 Å². The highest BCUT2D eigenvalue weighted by atomic mass is 19.1. The lowest BCUT2D eigenvalue weighted by atomic mass is 10.1. The molecule has 7 nitrogen and oxygen atoms in total. The summed E-state index contributed by atoms with van der Waals surface area (Å²) in [6, 6.07) is 4.04. The first-order valence-electron chi connectivity index (χ1n) is 9.18. The molecule has 1 N–H and O–H groups in total. The molecule has 0 radical (unpaired) electrons. The quantitative estimate of drug-likeness (QED) is 0.785. The normalized spacial score (nSPS) is 19.5. The van der Waals surface area contributed by atoms with Crippen molar-refractivity contribution in [1.82, 2.24) is 4.90 Å². The molecule has 2 aliphatic heterocycles. The number of carbonyl (C=O) groups excluding carboxylic acids is 2. The summed E-state index contributed by atoms with van der Waals surface area (Å²) in [4.78, 5) is 38.7. The fourth-order valence-corrected chi connectivity index (χ4v) is 3.48. The van der Waals surface area contributed by atoms with Gasteiger partial charge < -0.3 is 19.6 Å². The van der Waals surface area contributed by atoms with Gasteiger partial charge in [0.15, 0.2) is 0 Å². The van der Waals surface area contributed by atoms with Gasteiger partial charge in [-0.2, -0.15) is 0 Å². The Morgan fingerprint density at radius 1 is 1.33 bits per heavy atom. The van der Waals surface area contributed by atoms with E-state index in [1.807, 2.05) is 0 Å². The first-order valence-corrected chi connectivity index (χ1v) is 9.18. The maximum absolute atomic E-state index is 14.4. The van der Waals surface area contributed by atoms with Gasteiger partial charge in [-0.05, 0) is 37.5 Å². The van der Waals surface area contributed by atoms with Crippen LogP contribution in [-0.2, 0) is 14.3 Å². The number of ether oxygens (including phenoxy) is 1. The number of anilines is 1. The minimum Gasteiger partial charge on any atom is -0.481 e. The third-order valence-electron chi connectivity index (χ3n) is 4.90. The summed E-state index contributed by atoms with van der Waals surface area (Å²) in [5, 5.41) is 8.96. The van der Waals surface area contributed by atoms with Gasteiger partial charge in [0.1, 0.15) is 5.82 Å². The molecule has 2 amide bonds. The van der Waals surface area contributed by atoms with Gasteiger partial charge in [-0.1, -0.05) is 0 Å². The Morgan fingerprint density at radius 3 is 2.78 bits per heavy atom. The molecule has 2 heterocycles. The predicted octanol–water partition coefficient (Wildman–Crippen LogP) is 2.05. The van der Waals surface area contributed by atoms with E-state index >= 15 is 0 Å². The van der Waals surface area contributed by atoms with Gasteiger partial charge in [-0.15, -0.1) is 0 Å². The fraction of sp³-hybridized carbons (Fsp3) is 0.526. The molecule has 3 rings (SSSR count). The number of nitrogens with zero attached hydrogens (tertiary/aromatic N) is 2. The predicted molar refractivity (Wildman–Crippen MR) is 95.1 cm³/mol. The summed E-state index contributed by atoms with van der Waals surface area (Å²) in [6.07, 6.45) is 2.42. The maximum atomic E-state index is 14.4. The molecule has 0 saturated carbocycles. The lowest BCUT2D eigenvalue weighted by molar-refractivity contribution is -0.137. The lowest BCUT2D eigenvalue weighted by Gasteiger charge is -2.26. The molecular formula is C19H23FN2O5. The number of rotatable bonds is 7. The minimum absolute atomic E-state index is 0.0274. The van der Waals surface area contributed by atoms with Gasteiger partial charge in [0.2, 0.25) is 5.91 Å². The number of hydrogen-bond acceptors (Lipinski definition) is 4. The average molecular weight is 378 g/mol. The van der Waals surface area contributed by atoms with E-state index < -0.39 is 17.7 Å². The van der Waals surface area contributed by atoms with Crippen LogP contribution < -0.4 is 4.90 Å². The van der Waals surface area contributed by atoms with Crippen LogP contribution >= 0.6 is 0 Å². The monoisotopic (exact) mass is 378 g/mol. The van der Waals surface area contributed by atoms with E-state index in [4.69, 9.17) is 9.84 Å². The summed E-state index contributed by atoms with van der Waals surface area (Å²) in [7, 11) is 0. The van der Waals surface area contributed by atoms with E-state index in [2.05, 4.69) is 0 Å². The van der Waals surface area contributed by atoms with Crippen molar-refractivity contribution in [1.29, 1.82) is 0 Å². The first-order chi connectivity index (χ1) is 13.0. The van der Waals surface area contributed by atoms with Crippen LogP contribution in [0.1, 0.15) is 42.5 Å². The summed E-state index contributed by atoms with van der Waals surface area (Å²) in [5.74, 6) is -2.36. The average Bonchev–Trinajstić information content (AvgIpc) is 3.30. The summed E-state index contributed by atoms with van der Waals surface area (Å²) in [5.41, 5.74) is 0.327. The number of aliphatic carboxylic acids is 1. The molecule has 2 saturated heterocycles. The van der Waals surface area contributed by atoms with E-state index in [1.54, 1.807) is 0 Å². The maximum Gasteiger partial charge on any atom is 0.305 e. The Bertz CT molecular complexity index is 733. The number of amides is 2. The Kier molecular flexibility index (Phi) is 6.05. The highest BCUT2D eigenvalue weighted by Gasteiger charge is 2.28. The van der Waals surface area contributed by atoms with Crippen LogP contribution in [0.2, 0.25) is 0 Å². The van der Waals surface area contributed by atoms with Crippen molar-refractivity contribution in [3.63, 3.8) is 0 Å². The van der Waals surface area contributed by atoms with Gasteiger partial charge in [0, 0.05) is 38.3 Å². The van der Waals surface area contributed by atoms with Gasteiger partial charge in [-0.25, -0.2) is 4.39 Å². The topological polar surface area (TPSA) is 87.2 Å².